The van der Waals surface area contributed by atoms with Crippen molar-refractivity contribution < 1.29 is 0 Å². The monoisotopic (exact) mass is 247 g/mol. The van der Waals surface area contributed by atoms with Crippen LogP contribution >= 0.6 is 12.2 Å². The molecule has 5 nitrogen and oxygen atoms in total. The van der Waals surface area contributed by atoms with E-state index in [-0.39, 0.29) is 4.99 Å². The maximum absolute atomic E-state index is 5.62. The molecule has 88 valence electrons. The normalized spacial score (nSPS) is 10.2. The van der Waals surface area contributed by atoms with E-state index in [0.29, 0.717) is 5.69 Å². The average molecular weight is 247 g/mol. The van der Waals surface area contributed by atoms with Crippen LogP contribution in [0.3, 0.4) is 0 Å². The Morgan fingerprint density at radius 3 is 2.88 bits per heavy atom. The lowest BCUT2D eigenvalue weighted by atomic mass is 10.3. The summed E-state index contributed by atoms with van der Waals surface area (Å²) in [6.07, 6.45) is 1.66. The Morgan fingerprint density at radius 2 is 2.29 bits per heavy atom. The van der Waals surface area contributed by atoms with Gasteiger partial charge in [-0.25, -0.2) is 0 Å². The van der Waals surface area contributed by atoms with Crippen LogP contribution in [0.4, 0.5) is 11.5 Å². The van der Waals surface area contributed by atoms with Gasteiger partial charge < -0.3 is 11.1 Å². The zero-order valence-electron chi connectivity index (χ0n) is 9.64. The van der Waals surface area contributed by atoms with Gasteiger partial charge in [-0.05, 0) is 19.1 Å². The number of hydrogen-bond acceptors (Lipinski definition) is 4. The predicted octanol–water partition coefficient (Wildman–Crippen LogP) is 1.50. The molecule has 17 heavy (non-hydrogen) atoms. The SMILES string of the molecule is Cc1cc(Nc2cccnc2C(N)=S)n(C)n1. The molecule has 2 aromatic rings. The third kappa shape index (κ3) is 2.42. The second kappa shape index (κ2) is 4.50. The first kappa shape index (κ1) is 11.5. The van der Waals surface area contributed by atoms with Gasteiger partial charge in [-0.3, -0.25) is 9.67 Å². The number of hydrogen-bond donors (Lipinski definition) is 2. The maximum Gasteiger partial charge on any atom is 0.128 e. The second-order valence-electron chi connectivity index (χ2n) is 3.68. The van der Waals surface area contributed by atoms with Crippen LogP contribution in [-0.4, -0.2) is 19.8 Å². The van der Waals surface area contributed by atoms with Gasteiger partial charge in [-0.1, -0.05) is 12.2 Å². The number of aromatic nitrogens is 3. The number of anilines is 2. The molecule has 0 saturated heterocycles. The number of pyridine rings is 1. The molecule has 0 saturated carbocycles. The van der Waals surface area contributed by atoms with Gasteiger partial charge in [0.15, 0.2) is 0 Å². The Bertz CT molecular complexity index is 561. The van der Waals surface area contributed by atoms with E-state index in [1.165, 1.54) is 0 Å². The minimum Gasteiger partial charge on any atom is -0.388 e. The van der Waals surface area contributed by atoms with Crippen molar-refractivity contribution in [3.63, 3.8) is 0 Å². The third-order valence-electron chi connectivity index (χ3n) is 2.31. The van der Waals surface area contributed by atoms with Crippen molar-refractivity contribution in [3.8, 4) is 0 Å². The molecular weight excluding hydrogens is 234 g/mol. The molecule has 3 N–H and O–H groups in total. The Balaban J connectivity index is 2.36. The average Bonchev–Trinajstić information content (AvgIpc) is 2.58. The molecule has 6 heteroatoms. The Morgan fingerprint density at radius 1 is 1.53 bits per heavy atom. The van der Waals surface area contributed by atoms with Gasteiger partial charge in [-0.15, -0.1) is 0 Å². The molecule has 2 aromatic heterocycles. The second-order valence-corrected chi connectivity index (χ2v) is 4.12. The Hall–Kier alpha value is -1.95. The van der Waals surface area contributed by atoms with Crippen molar-refractivity contribution in [1.82, 2.24) is 14.8 Å². The minimum atomic E-state index is 0.270. The summed E-state index contributed by atoms with van der Waals surface area (Å²) in [6, 6.07) is 5.65. The van der Waals surface area contributed by atoms with Crippen molar-refractivity contribution in [2.75, 3.05) is 5.32 Å². The van der Waals surface area contributed by atoms with Gasteiger partial charge in [0.25, 0.3) is 0 Å². The molecule has 0 aromatic carbocycles. The van der Waals surface area contributed by atoms with Crippen LogP contribution in [0.15, 0.2) is 24.4 Å². The van der Waals surface area contributed by atoms with Gasteiger partial charge in [0, 0.05) is 19.3 Å². The van der Waals surface area contributed by atoms with Crippen LogP contribution in [-0.2, 0) is 7.05 Å². The lowest BCUT2D eigenvalue weighted by molar-refractivity contribution is 0.765. The van der Waals surface area contributed by atoms with Crippen LogP contribution < -0.4 is 11.1 Å². The van der Waals surface area contributed by atoms with E-state index in [0.717, 1.165) is 17.2 Å². The lowest BCUT2D eigenvalue weighted by Gasteiger charge is -2.09. The molecule has 0 fully saturated rings. The molecule has 0 aliphatic rings. The smallest absolute Gasteiger partial charge is 0.128 e. The number of rotatable bonds is 3. The van der Waals surface area contributed by atoms with E-state index >= 15 is 0 Å². The number of nitrogens with zero attached hydrogens (tertiary/aromatic N) is 3. The third-order valence-corrected chi connectivity index (χ3v) is 2.50. The highest BCUT2D eigenvalue weighted by atomic mass is 32.1. The summed E-state index contributed by atoms with van der Waals surface area (Å²) in [5.41, 5.74) is 7.92. The van der Waals surface area contributed by atoms with E-state index in [1.54, 1.807) is 10.9 Å². The summed E-state index contributed by atoms with van der Waals surface area (Å²) in [7, 11) is 1.87. The zero-order chi connectivity index (χ0) is 12.4. The predicted molar refractivity (Wildman–Crippen MR) is 71.4 cm³/mol. The van der Waals surface area contributed by atoms with Crippen LogP contribution in [0, 0.1) is 6.92 Å². The van der Waals surface area contributed by atoms with Crippen LogP contribution in [0.1, 0.15) is 11.4 Å². The lowest BCUT2D eigenvalue weighted by Crippen LogP contribution is -2.14. The standard InChI is InChI=1S/C11H13N5S/c1-7-6-9(16(2)15-7)14-8-4-3-5-13-10(8)11(12)17/h3-6,14H,1-2H3,(H2,12,17). The summed E-state index contributed by atoms with van der Waals surface area (Å²) in [4.78, 5) is 4.42. The number of thiocarbonyl (C=S) groups is 1. The van der Waals surface area contributed by atoms with Crippen molar-refractivity contribution in [3.05, 3.63) is 35.8 Å². The summed E-state index contributed by atoms with van der Waals surface area (Å²) >= 11 is 4.96. The number of nitrogens with one attached hydrogen (secondary N) is 1. The maximum atomic E-state index is 5.62. The Labute approximate surface area is 105 Å². The van der Waals surface area contributed by atoms with Gasteiger partial charge in [-0.2, -0.15) is 5.10 Å². The summed E-state index contributed by atoms with van der Waals surface area (Å²) in [5.74, 6) is 0.869. The molecule has 0 atom stereocenters. The van der Waals surface area contributed by atoms with Gasteiger partial charge in [0.1, 0.15) is 16.5 Å². The van der Waals surface area contributed by atoms with Gasteiger partial charge in [0.05, 0.1) is 11.4 Å². The van der Waals surface area contributed by atoms with Crippen LogP contribution in [0.5, 0.6) is 0 Å². The van der Waals surface area contributed by atoms with Crippen molar-refractivity contribution >= 4 is 28.7 Å². The van der Waals surface area contributed by atoms with Crippen molar-refractivity contribution in [2.24, 2.45) is 12.8 Å². The molecular formula is C11H13N5S. The first-order chi connectivity index (χ1) is 8.08. The molecule has 0 unspecified atom stereocenters. The topological polar surface area (TPSA) is 68.8 Å². The molecule has 0 aliphatic carbocycles. The molecule has 2 rings (SSSR count). The number of aryl methyl sites for hydroxylation is 2. The van der Waals surface area contributed by atoms with E-state index in [1.807, 2.05) is 32.2 Å². The largest absolute Gasteiger partial charge is 0.388 e. The molecule has 0 aliphatic heterocycles. The fraction of sp³-hybridized carbons (Fsp3) is 0.182. The summed E-state index contributed by atoms with van der Waals surface area (Å²) in [6.45, 7) is 1.93. The van der Waals surface area contributed by atoms with Crippen LogP contribution in [0.25, 0.3) is 0 Å². The highest BCUT2D eigenvalue weighted by Gasteiger charge is 2.08. The molecule has 0 bridgehead atoms. The van der Waals surface area contributed by atoms with Crippen molar-refractivity contribution in [1.29, 1.82) is 0 Å². The van der Waals surface area contributed by atoms with E-state index in [2.05, 4.69) is 15.4 Å². The quantitative estimate of drug-likeness (QED) is 0.804. The first-order valence-electron chi connectivity index (χ1n) is 5.10. The first-order valence-corrected chi connectivity index (χ1v) is 5.51. The van der Waals surface area contributed by atoms with E-state index in [9.17, 15) is 0 Å². The molecule has 0 radical (unpaired) electrons. The molecule has 2 heterocycles. The van der Waals surface area contributed by atoms with E-state index < -0.39 is 0 Å². The fourth-order valence-corrected chi connectivity index (χ4v) is 1.73. The van der Waals surface area contributed by atoms with E-state index in [4.69, 9.17) is 18.0 Å². The Kier molecular flexibility index (Phi) is 3.06. The highest BCUT2D eigenvalue weighted by Crippen LogP contribution is 2.19. The fourth-order valence-electron chi connectivity index (χ4n) is 1.57. The minimum absolute atomic E-state index is 0.270. The number of nitrogens with two attached hydrogens (primary N) is 1. The van der Waals surface area contributed by atoms with Crippen molar-refractivity contribution in [2.45, 2.75) is 6.92 Å². The summed E-state index contributed by atoms with van der Waals surface area (Å²) < 4.78 is 1.76. The van der Waals surface area contributed by atoms with Gasteiger partial charge in [0.2, 0.25) is 0 Å². The highest BCUT2D eigenvalue weighted by molar-refractivity contribution is 7.80. The molecule has 0 amide bonds. The summed E-state index contributed by atoms with van der Waals surface area (Å²) in [5, 5.41) is 7.46. The molecule has 0 spiro atoms. The van der Waals surface area contributed by atoms with Crippen LogP contribution in [0.2, 0.25) is 0 Å². The zero-order valence-corrected chi connectivity index (χ0v) is 10.5. The van der Waals surface area contributed by atoms with Gasteiger partial charge >= 0.3 is 0 Å².